The van der Waals surface area contributed by atoms with Crippen molar-refractivity contribution in [2.45, 2.75) is 62.2 Å². The van der Waals surface area contributed by atoms with Crippen LogP contribution >= 0.6 is 0 Å². The summed E-state index contributed by atoms with van der Waals surface area (Å²) in [6.45, 7) is 2.25. The van der Waals surface area contributed by atoms with Crippen molar-refractivity contribution in [1.29, 1.82) is 0 Å². The Morgan fingerprint density at radius 3 is 2.40 bits per heavy atom. The Morgan fingerprint density at radius 2 is 1.72 bits per heavy atom. The summed E-state index contributed by atoms with van der Waals surface area (Å²) in [5.74, 6) is 0. The minimum absolute atomic E-state index is 0.0191. The summed E-state index contributed by atoms with van der Waals surface area (Å²) in [5, 5.41) is 10.5. The summed E-state index contributed by atoms with van der Waals surface area (Å²) < 4.78 is 7.96. The van der Waals surface area contributed by atoms with E-state index in [4.69, 9.17) is 4.74 Å². The molecule has 0 bridgehead atoms. The normalized spacial score (nSPS) is 24.8. The second kappa shape index (κ2) is 9.54. The van der Waals surface area contributed by atoms with Gasteiger partial charge in [0, 0.05) is 0 Å². The molecule has 0 aromatic heterocycles. The fourth-order valence-corrected chi connectivity index (χ4v) is 6.13. The van der Waals surface area contributed by atoms with Crippen LogP contribution in [0.5, 0.6) is 0 Å². The van der Waals surface area contributed by atoms with Gasteiger partial charge in [-0.05, 0) is 0 Å². The Morgan fingerprint density at radius 1 is 1.04 bits per heavy atom. The molecule has 0 unspecified atom stereocenters. The number of aliphatic hydroxyl groups excluding tert-OH is 1. The first-order chi connectivity index (χ1) is 12.3. The van der Waals surface area contributed by atoms with E-state index >= 15 is 0 Å². The molecule has 0 amide bonds. The molecule has 4 atom stereocenters. The minimum atomic E-state index is -0.264. The van der Waals surface area contributed by atoms with E-state index in [0.717, 1.165) is 6.42 Å². The van der Waals surface area contributed by atoms with Crippen molar-refractivity contribution in [2.75, 3.05) is 0 Å². The van der Waals surface area contributed by atoms with Crippen LogP contribution in [0.25, 0.3) is 0 Å². The van der Waals surface area contributed by atoms with Gasteiger partial charge in [0.05, 0.1) is 0 Å². The van der Waals surface area contributed by atoms with Gasteiger partial charge in [-0.15, -0.1) is 0 Å². The van der Waals surface area contributed by atoms with Crippen LogP contribution in [0, 0.1) is 0 Å². The van der Waals surface area contributed by atoms with Gasteiger partial charge in [-0.25, -0.2) is 0 Å². The average Bonchev–Trinajstić information content (AvgIpc) is 2.66. The molecule has 25 heavy (non-hydrogen) atoms. The Balaban J connectivity index is 1.74. The number of unbranched alkanes of at least 4 members (excludes halogenated alkanes) is 1. The average molecular weight is 403 g/mol. The van der Waals surface area contributed by atoms with Crippen LogP contribution in [0.3, 0.4) is 0 Å². The van der Waals surface area contributed by atoms with Crippen LogP contribution in [0.4, 0.5) is 0 Å². The molecular weight excluding hydrogens is 375 g/mol. The Kier molecular flexibility index (Phi) is 7.12. The molecule has 2 aromatic carbocycles. The van der Waals surface area contributed by atoms with Crippen LogP contribution < -0.4 is 4.46 Å². The predicted octanol–water partition coefficient (Wildman–Crippen LogP) is 4.28. The van der Waals surface area contributed by atoms with Gasteiger partial charge in [-0.3, -0.25) is 0 Å². The molecule has 1 saturated heterocycles. The molecule has 3 rings (SSSR count). The molecule has 1 aliphatic heterocycles. The third kappa shape index (κ3) is 5.42. The Hall–Kier alpha value is -1.12. The summed E-state index contributed by atoms with van der Waals surface area (Å²) >= 11 is 0.374. The van der Waals surface area contributed by atoms with Gasteiger partial charge in [0.2, 0.25) is 0 Å². The topological polar surface area (TPSA) is 29.5 Å². The first-order valence-electron chi connectivity index (χ1n) is 9.36. The molecule has 0 spiro atoms. The van der Waals surface area contributed by atoms with Gasteiger partial charge in [-0.1, -0.05) is 0 Å². The molecule has 1 aliphatic rings. The van der Waals surface area contributed by atoms with E-state index < -0.39 is 0 Å². The maximum atomic E-state index is 10.5. The summed E-state index contributed by atoms with van der Waals surface area (Å²) in [6.07, 6.45) is 5.01. The van der Waals surface area contributed by atoms with Crippen LogP contribution in [0.15, 0.2) is 60.7 Å². The number of ether oxygens (including phenoxy) is 1. The van der Waals surface area contributed by atoms with Gasteiger partial charge in [0.25, 0.3) is 0 Å². The van der Waals surface area contributed by atoms with Gasteiger partial charge in [-0.2, -0.15) is 0 Å². The number of hydrogen-bond donors (Lipinski definition) is 1. The Labute approximate surface area is 157 Å². The summed E-state index contributed by atoms with van der Waals surface area (Å²) in [6, 6.07) is 21.1. The van der Waals surface area contributed by atoms with Gasteiger partial charge >= 0.3 is 158 Å². The van der Waals surface area contributed by atoms with Gasteiger partial charge < -0.3 is 0 Å². The molecule has 0 saturated carbocycles. The second-order valence-electron chi connectivity index (χ2n) is 6.81. The van der Waals surface area contributed by atoms with E-state index in [0.29, 0.717) is 26.2 Å². The fraction of sp³-hybridized carbons (Fsp3) is 0.455. The van der Waals surface area contributed by atoms with Crippen molar-refractivity contribution in [3.05, 3.63) is 66.2 Å². The molecule has 0 aliphatic carbocycles. The van der Waals surface area contributed by atoms with Crippen molar-refractivity contribution >= 4 is 19.4 Å². The molecule has 1 fully saturated rings. The van der Waals surface area contributed by atoms with Crippen molar-refractivity contribution in [1.82, 2.24) is 0 Å². The van der Waals surface area contributed by atoms with Crippen molar-refractivity contribution in [3.63, 3.8) is 0 Å². The summed E-state index contributed by atoms with van der Waals surface area (Å²) in [5.41, 5.74) is 1.19. The molecule has 1 heterocycles. The predicted molar refractivity (Wildman–Crippen MR) is 104 cm³/mol. The van der Waals surface area contributed by atoms with E-state index in [1.807, 2.05) is 6.07 Å². The molecule has 134 valence electrons. The zero-order valence-electron chi connectivity index (χ0n) is 14.9. The van der Waals surface area contributed by atoms with Crippen LogP contribution in [-0.4, -0.2) is 32.3 Å². The van der Waals surface area contributed by atoms with Gasteiger partial charge in [0.1, 0.15) is 0 Å². The second-order valence-corrected chi connectivity index (χ2v) is 9.56. The zero-order valence-corrected chi connectivity index (χ0v) is 16.6. The summed E-state index contributed by atoms with van der Waals surface area (Å²) in [7, 11) is 0. The third-order valence-corrected chi connectivity index (χ3v) is 7.70. The van der Waals surface area contributed by atoms with Gasteiger partial charge in [0.15, 0.2) is 0 Å². The number of benzene rings is 2. The number of aliphatic hydroxyl groups is 1. The fourth-order valence-electron chi connectivity index (χ4n) is 3.46. The van der Waals surface area contributed by atoms with Crippen LogP contribution in [0.1, 0.15) is 50.7 Å². The Bertz CT molecular complexity index is 616. The summed E-state index contributed by atoms with van der Waals surface area (Å²) in [4.78, 5) is 0.524. The van der Waals surface area contributed by atoms with E-state index in [9.17, 15) is 5.11 Å². The monoisotopic (exact) mass is 404 g/mol. The first-order valence-corrected chi connectivity index (χ1v) is 11.2. The van der Waals surface area contributed by atoms with Crippen molar-refractivity contribution in [2.24, 2.45) is 0 Å². The van der Waals surface area contributed by atoms with Crippen LogP contribution in [-0.2, 0) is 4.74 Å². The molecular formula is C22H28O2Se. The molecule has 2 aromatic rings. The quantitative estimate of drug-likeness (QED) is 0.700. The molecule has 3 heteroatoms. The standard InChI is InChI=1S/C22H28O2Se/c1-2-3-14-22(25-19-12-8-5-9-13-19)21-16-18(23)15-20(24-21)17-10-6-4-7-11-17/h4-13,18,20-23H,2-3,14-16H2,1H3/t18-,20+,21-,22-/m0/s1. The van der Waals surface area contributed by atoms with Crippen molar-refractivity contribution < 1.29 is 9.84 Å². The molecule has 0 radical (unpaired) electrons. The molecule has 2 nitrogen and oxygen atoms in total. The van der Waals surface area contributed by atoms with Crippen molar-refractivity contribution in [3.8, 4) is 0 Å². The maximum absolute atomic E-state index is 10.5. The third-order valence-electron chi connectivity index (χ3n) is 4.79. The number of hydrogen-bond acceptors (Lipinski definition) is 2. The molecule has 1 N–H and O–H groups in total. The van der Waals surface area contributed by atoms with E-state index in [2.05, 4.69) is 61.5 Å². The van der Waals surface area contributed by atoms with Crippen LogP contribution in [0.2, 0.25) is 4.82 Å². The van der Waals surface area contributed by atoms with E-state index in [-0.39, 0.29) is 18.3 Å². The number of rotatable bonds is 7. The van der Waals surface area contributed by atoms with E-state index in [1.165, 1.54) is 29.3 Å². The first kappa shape index (κ1) is 18.7. The zero-order chi connectivity index (χ0) is 17.5. The van der Waals surface area contributed by atoms with E-state index in [1.54, 1.807) is 0 Å². The SMILES string of the molecule is CCCC[C@H]([Se]c1ccccc1)[C@@H]1C[C@@H](O)C[C@H](c2ccccc2)O1.